The largest absolute Gasteiger partial charge is 0.495 e. The summed E-state index contributed by atoms with van der Waals surface area (Å²) in [5, 5.41) is 3.30. The van der Waals surface area contributed by atoms with Gasteiger partial charge in [0.2, 0.25) is 11.8 Å². The van der Waals surface area contributed by atoms with E-state index >= 15 is 0 Å². The molecule has 0 spiro atoms. The van der Waals surface area contributed by atoms with Crippen LogP contribution >= 0.6 is 11.6 Å². The van der Waals surface area contributed by atoms with Crippen molar-refractivity contribution < 1.29 is 14.3 Å². The van der Waals surface area contributed by atoms with Gasteiger partial charge in [0.15, 0.2) is 0 Å². The number of carbonyl (C=O) groups is 2. The van der Waals surface area contributed by atoms with Crippen molar-refractivity contribution in [2.24, 2.45) is 0 Å². The molecule has 0 atom stereocenters. The maximum absolute atomic E-state index is 12.4. The van der Waals surface area contributed by atoms with Crippen molar-refractivity contribution in [1.29, 1.82) is 0 Å². The lowest BCUT2D eigenvalue weighted by molar-refractivity contribution is -0.117. The lowest BCUT2D eigenvalue weighted by Gasteiger charge is -2.25. The quantitative estimate of drug-likeness (QED) is 0.737. The number of nitrogens with one attached hydrogen (secondary N) is 1. The molecule has 0 bridgehead atoms. The monoisotopic (exact) mass is 388 g/mol. The summed E-state index contributed by atoms with van der Waals surface area (Å²) in [6.07, 6.45) is 0.154. The standard InChI is InChI=1S/C21H25ClN2O3/c1-14(2)17-7-5-6-8-19(17)24(15(3)25)12-11-21(26)23-18-13-16(22)9-10-20(18)27-4/h5-10,13-14H,11-12H2,1-4H3,(H,23,26). The predicted octanol–water partition coefficient (Wildman–Crippen LogP) is 4.85. The van der Waals surface area contributed by atoms with E-state index in [-0.39, 0.29) is 30.7 Å². The van der Waals surface area contributed by atoms with Gasteiger partial charge < -0.3 is 15.0 Å². The van der Waals surface area contributed by atoms with E-state index in [1.807, 2.05) is 24.3 Å². The molecule has 27 heavy (non-hydrogen) atoms. The molecule has 6 heteroatoms. The molecule has 0 fully saturated rings. The summed E-state index contributed by atoms with van der Waals surface area (Å²) in [5.41, 5.74) is 2.42. The molecule has 2 amide bonds. The fraction of sp³-hybridized carbons (Fsp3) is 0.333. The minimum atomic E-state index is -0.219. The number of carbonyl (C=O) groups excluding carboxylic acids is 2. The molecular formula is C21H25ClN2O3. The number of benzene rings is 2. The summed E-state index contributed by atoms with van der Waals surface area (Å²) in [4.78, 5) is 26.3. The lowest BCUT2D eigenvalue weighted by Crippen LogP contribution is -2.32. The van der Waals surface area contributed by atoms with E-state index in [1.54, 1.807) is 23.1 Å². The highest BCUT2D eigenvalue weighted by Crippen LogP contribution is 2.29. The minimum Gasteiger partial charge on any atom is -0.495 e. The highest BCUT2D eigenvalue weighted by molar-refractivity contribution is 6.31. The first kappa shape index (κ1) is 20.8. The molecule has 0 heterocycles. The Morgan fingerprint density at radius 2 is 1.89 bits per heavy atom. The molecule has 0 saturated carbocycles. The SMILES string of the molecule is COc1ccc(Cl)cc1NC(=O)CCN(C(C)=O)c1ccccc1C(C)C. The average Bonchev–Trinajstić information content (AvgIpc) is 2.62. The molecular weight excluding hydrogens is 364 g/mol. The van der Waals surface area contributed by atoms with Crippen molar-refractivity contribution in [3.63, 3.8) is 0 Å². The first-order valence-electron chi connectivity index (χ1n) is 8.84. The Bertz CT molecular complexity index is 821. The minimum absolute atomic E-state index is 0.101. The number of anilines is 2. The van der Waals surface area contributed by atoms with Gasteiger partial charge in [-0.25, -0.2) is 0 Å². The maximum atomic E-state index is 12.4. The third-order valence-corrected chi connectivity index (χ3v) is 4.46. The van der Waals surface area contributed by atoms with Crippen molar-refractivity contribution in [3.8, 4) is 5.75 Å². The molecule has 0 radical (unpaired) electrons. The zero-order valence-electron chi connectivity index (χ0n) is 16.1. The van der Waals surface area contributed by atoms with Gasteiger partial charge in [0, 0.05) is 30.6 Å². The number of hydrogen-bond acceptors (Lipinski definition) is 3. The van der Waals surface area contributed by atoms with Crippen LogP contribution in [0.4, 0.5) is 11.4 Å². The first-order chi connectivity index (χ1) is 12.8. The Kier molecular flexibility index (Phi) is 7.25. The van der Waals surface area contributed by atoms with Crippen LogP contribution in [0.3, 0.4) is 0 Å². The van der Waals surface area contributed by atoms with Gasteiger partial charge in [-0.15, -0.1) is 0 Å². The van der Waals surface area contributed by atoms with Crippen LogP contribution in [0, 0.1) is 0 Å². The number of halogens is 1. The molecule has 2 rings (SSSR count). The van der Waals surface area contributed by atoms with E-state index < -0.39 is 0 Å². The molecule has 0 aromatic heterocycles. The van der Waals surface area contributed by atoms with Crippen LogP contribution in [0.5, 0.6) is 5.75 Å². The van der Waals surface area contributed by atoms with Gasteiger partial charge in [0.1, 0.15) is 5.75 Å². The van der Waals surface area contributed by atoms with Gasteiger partial charge in [0.25, 0.3) is 0 Å². The zero-order chi connectivity index (χ0) is 20.0. The number of hydrogen-bond donors (Lipinski definition) is 1. The van der Waals surface area contributed by atoms with E-state index in [9.17, 15) is 9.59 Å². The topological polar surface area (TPSA) is 58.6 Å². The highest BCUT2D eigenvalue weighted by Gasteiger charge is 2.18. The number of para-hydroxylation sites is 1. The van der Waals surface area contributed by atoms with E-state index in [2.05, 4.69) is 19.2 Å². The van der Waals surface area contributed by atoms with Crippen LogP contribution in [0.2, 0.25) is 5.02 Å². The fourth-order valence-electron chi connectivity index (χ4n) is 2.87. The third-order valence-electron chi connectivity index (χ3n) is 4.23. The van der Waals surface area contributed by atoms with E-state index in [4.69, 9.17) is 16.3 Å². The number of nitrogens with zero attached hydrogens (tertiary/aromatic N) is 1. The van der Waals surface area contributed by atoms with Crippen LogP contribution in [0.25, 0.3) is 0 Å². The summed E-state index contributed by atoms with van der Waals surface area (Å²) in [6, 6.07) is 12.8. The third kappa shape index (κ3) is 5.47. The molecule has 2 aromatic rings. The second-order valence-electron chi connectivity index (χ2n) is 6.53. The van der Waals surface area contributed by atoms with Crippen LogP contribution in [-0.2, 0) is 9.59 Å². The van der Waals surface area contributed by atoms with Crippen LogP contribution in [0.1, 0.15) is 38.7 Å². The summed E-state index contributed by atoms with van der Waals surface area (Å²) in [5.74, 6) is 0.481. The zero-order valence-corrected chi connectivity index (χ0v) is 16.8. The normalized spacial score (nSPS) is 10.6. The summed E-state index contributed by atoms with van der Waals surface area (Å²) in [7, 11) is 1.53. The van der Waals surface area contributed by atoms with Crippen molar-refractivity contribution in [3.05, 3.63) is 53.1 Å². The van der Waals surface area contributed by atoms with Crippen molar-refractivity contribution in [2.45, 2.75) is 33.1 Å². The lowest BCUT2D eigenvalue weighted by atomic mass is 10.0. The number of ether oxygens (including phenoxy) is 1. The molecule has 0 saturated heterocycles. The summed E-state index contributed by atoms with van der Waals surface area (Å²) in [6.45, 7) is 5.95. The fourth-order valence-corrected chi connectivity index (χ4v) is 3.05. The van der Waals surface area contributed by atoms with Gasteiger partial charge in [-0.3, -0.25) is 9.59 Å². The highest BCUT2D eigenvalue weighted by atomic mass is 35.5. The van der Waals surface area contributed by atoms with Crippen LogP contribution in [-0.4, -0.2) is 25.5 Å². The van der Waals surface area contributed by atoms with Gasteiger partial charge >= 0.3 is 0 Å². The summed E-state index contributed by atoms with van der Waals surface area (Å²) < 4.78 is 5.24. The Balaban J connectivity index is 2.12. The molecule has 0 aliphatic heterocycles. The van der Waals surface area contributed by atoms with Gasteiger partial charge in [-0.1, -0.05) is 43.6 Å². The Morgan fingerprint density at radius 1 is 1.19 bits per heavy atom. The molecule has 2 aromatic carbocycles. The Morgan fingerprint density at radius 3 is 2.52 bits per heavy atom. The van der Waals surface area contributed by atoms with Crippen LogP contribution < -0.4 is 15.0 Å². The second-order valence-corrected chi connectivity index (χ2v) is 6.96. The van der Waals surface area contributed by atoms with E-state index in [0.717, 1.165) is 11.3 Å². The van der Waals surface area contributed by atoms with E-state index in [0.29, 0.717) is 16.5 Å². The van der Waals surface area contributed by atoms with Gasteiger partial charge in [-0.05, 0) is 35.7 Å². The van der Waals surface area contributed by atoms with Crippen LogP contribution in [0.15, 0.2) is 42.5 Å². The number of methoxy groups -OCH3 is 1. The van der Waals surface area contributed by atoms with Crippen molar-refractivity contribution in [2.75, 3.05) is 23.9 Å². The molecule has 144 valence electrons. The van der Waals surface area contributed by atoms with Crippen molar-refractivity contribution in [1.82, 2.24) is 0 Å². The van der Waals surface area contributed by atoms with Crippen molar-refractivity contribution >= 4 is 34.8 Å². The smallest absolute Gasteiger partial charge is 0.226 e. The van der Waals surface area contributed by atoms with E-state index in [1.165, 1.54) is 14.0 Å². The number of rotatable bonds is 7. The predicted molar refractivity (Wildman–Crippen MR) is 110 cm³/mol. The average molecular weight is 389 g/mol. The molecule has 0 aliphatic carbocycles. The molecule has 5 nitrogen and oxygen atoms in total. The molecule has 0 aliphatic rings. The molecule has 1 N–H and O–H groups in total. The first-order valence-corrected chi connectivity index (χ1v) is 9.21. The van der Waals surface area contributed by atoms with Gasteiger partial charge in [-0.2, -0.15) is 0 Å². The Labute approximate surface area is 165 Å². The maximum Gasteiger partial charge on any atom is 0.226 e. The molecule has 0 unspecified atom stereocenters. The Hall–Kier alpha value is -2.53. The summed E-state index contributed by atoms with van der Waals surface area (Å²) >= 11 is 5.99. The second kappa shape index (κ2) is 9.42. The van der Waals surface area contributed by atoms with Gasteiger partial charge in [0.05, 0.1) is 12.8 Å². The number of amides is 2.